The van der Waals surface area contributed by atoms with Crippen LogP contribution in [-0.2, 0) is 18.3 Å². The molecule has 1 aliphatic carbocycles. The zero-order valence-electron chi connectivity index (χ0n) is 13.3. The lowest BCUT2D eigenvalue weighted by atomic mass is 10.1. The molecule has 2 aliphatic rings. The van der Waals surface area contributed by atoms with Crippen LogP contribution in [0.5, 0.6) is 0 Å². The topological polar surface area (TPSA) is 59.3 Å². The first-order chi connectivity index (χ1) is 10.2. The fourth-order valence-corrected chi connectivity index (χ4v) is 3.84. The van der Waals surface area contributed by atoms with Crippen LogP contribution in [0.4, 0.5) is 0 Å². The van der Waals surface area contributed by atoms with Crippen LogP contribution in [-0.4, -0.2) is 75.4 Å². The normalized spacial score (nSPS) is 30.6. The van der Waals surface area contributed by atoms with Crippen LogP contribution in [0.15, 0.2) is 0 Å². The van der Waals surface area contributed by atoms with Gasteiger partial charge in [0.05, 0.1) is 19.7 Å². The first kappa shape index (κ1) is 14.9. The molecule has 0 amide bonds. The van der Waals surface area contributed by atoms with Crippen LogP contribution in [0.3, 0.4) is 0 Å². The Hall–Kier alpha value is -1.05. The van der Waals surface area contributed by atoms with E-state index in [-0.39, 0.29) is 0 Å². The van der Waals surface area contributed by atoms with Crippen molar-refractivity contribution >= 4 is 0 Å². The standard InChI is InChI=1S/C14H26N6O/c1-18(10-14-15-17-19(2)16-14)12-5-4-6-13(12)20-8-7-11(9-20)21-3/h11-13H,4-10H2,1-3H3/t11?,12-,13+/m1/s1. The molecule has 1 aromatic heterocycles. The molecular weight excluding hydrogens is 268 g/mol. The Labute approximate surface area is 126 Å². The van der Waals surface area contributed by atoms with Crippen LogP contribution >= 0.6 is 0 Å². The summed E-state index contributed by atoms with van der Waals surface area (Å²) in [7, 11) is 5.82. The van der Waals surface area contributed by atoms with E-state index in [0.717, 1.165) is 31.9 Å². The molecule has 1 aromatic rings. The van der Waals surface area contributed by atoms with Crippen molar-refractivity contribution in [3.63, 3.8) is 0 Å². The van der Waals surface area contributed by atoms with E-state index < -0.39 is 0 Å². The van der Waals surface area contributed by atoms with Crippen molar-refractivity contribution in [1.82, 2.24) is 30.0 Å². The summed E-state index contributed by atoms with van der Waals surface area (Å²) in [4.78, 5) is 6.54. The molecule has 1 saturated carbocycles. The maximum atomic E-state index is 5.51. The Bertz CT molecular complexity index is 464. The van der Waals surface area contributed by atoms with E-state index in [0.29, 0.717) is 18.2 Å². The first-order valence-corrected chi connectivity index (χ1v) is 7.87. The highest BCUT2D eigenvalue weighted by Crippen LogP contribution is 2.31. The van der Waals surface area contributed by atoms with Gasteiger partial charge in [-0.25, -0.2) is 0 Å². The monoisotopic (exact) mass is 294 g/mol. The second kappa shape index (κ2) is 6.37. The summed E-state index contributed by atoms with van der Waals surface area (Å²) in [6.45, 7) is 3.02. The van der Waals surface area contributed by atoms with Gasteiger partial charge in [0.1, 0.15) is 0 Å². The predicted octanol–water partition coefficient (Wildman–Crippen LogP) is 0.284. The third kappa shape index (κ3) is 3.25. The average Bonchev–Trinajstić information content (AvgIpc) is 3.17. The molecule has 2 fully saturated rings. The van der Waals surface area contributed by atoms with Crippen molar-refractivity contribution in [2.75, 3.05) is 27.2 Å². The molecule has 0 bridgehead atoms. The SMILES string of the molecule is COC1CCN([C@H]2CCC[C@H]2N(C)Cc2nnn(C)n2)C1. The molecule has 7 nitrogen and oxygen atoms in total. The number of nitrogens with zero attached hydrogens (tertiary/aromatic N) is 6. The second-order valence-corrected chi connectivity index (χ2v) is 6.32. The number of hydrogen-bond acceptors (Lipinski definition) is 6. The van der Waals surface area contributed by atoms with Crippen LogP contribution in [0.2, 0.25) is 0 Å². The summed E-state index contributed by atoms with van der Waals surface area (Å²) in [6.07, 6.45) is 5.43. The average molecular weight is 294 g/mol. The summed E-state index contributed by atoms with van der Waals surface area (Å²) in [5.74, 6) is 0.807. The van der Waals surface area contributed by atoms with E-state index in [9.17, 15) is 0 Å². The van der Waals surface area contributed by atoms with Gasteiger partial charge in [-0.2, -0.15) is 4.80 Å². The lowest BCUT2D eigenvalue weighted by Gasteiger charge is -2.34. The van der Waals surface area contributed by atoms with Gasteiger partial charge in [0.15, 0.2) is 5.82 Å². The van der Waals surface area contributed by atoms with Crippen molar-refractivity contribution in [2.45, 2.75) is 50.4 Å². The number of likely N-dealkylation sites (N-methyl/N-ethyl adjacent to an activating group) is 1. The Kier molecular flexibility index (Phi) is 4.51. The fraction of sp³-hybridized carbons (Fsp3) is 0.929. The number of methoxy groups -OCH3 is 1. The van der Waals surface area contributed by atoms with E-state index in [4.69, 9.17) is 4.74 Å². The van der Waals surface area contributed by atoms with Gasteiger partial charge in [-0.3, -0.25) is 9.80 Å². The van der Waals surface area contributed by atoms with E-state index in [1.807, 2.05) is 14.2 Å². The number of likely N-dealkylation sites (tertiary alicyclic amines) is 1. The number of aromatic nitrogens is 4. The summed E-state index contributed by atoms with van der Waals surface area (Å²) >= 11 is 0. The quantitative estimate of drug-likeness (QED) is 0.777. The van der Waals surface area contributed by atoms with Crippen molar-refractivity contribution < 1.29 is 4.74 Å². The van der Waals surface area contributed by atoms with E-state index in [1.165, 1.54) is 24.1 Å². The van der Waals surface area contributed by atoms with Crippen LogP contribution < -0.4 is 0 Å². The summed E-state index contributed by atoms with van der Waals surface area (Å²) < 4.78 is 5.51. The van der Waals surface area contributed by atoms with Gasteiger partial charge in [-0.15, -0.1) is 10.2 Å². The molecule has 3 rings (SSSR count). The molecule has 0 radical (unpaired) electrons. The minimum absolute atomic E-state index is 0.415. The van der Waals surface area contributed by atoms with E-state index in [1.54, 1.807) is 0 Å². The van der Waals surface area contributed by atoms with E-state index in [2.05, 4.69) is 32.3 Å². The van der Waals surface area contributed by atoms with Gasteiger partial charge >= 0.3 is 0 Å². The van der Waals surface area contributed by atoms with Gasteiger partial charge < -0.3 is 4.74 Å². The number of aryl methyl sites for hydroxylation is 1. The predicted molar refractivity (Wildman–Crippen MR) is 78.7 cm³/mol. The van der Waals surface area contributed by atoms with Crippen LogP contribution in [0.25, 0.3) is 0 Å². The molecule has 1 unspecified atom stereocenters. The lowest BCUT2D eigenvalue weighted by Crippen LogP contribution is -2.46. The zero-order chi connectivity index (χ0) is 14.8. The lowest BCUT2D eigenvalue weighted by molar-refractivity contribution is 0.0835. The number of rotatable bonds is 5. The number of tetrazole rings is 1. The molecule has 118 valence electrons. The van der Waals surface area contributed by atoms with Gasteiger partial charge in [0, 0.05) is 32.3 Å². The molecule has 21 heavy (non-hydrogen) atoms. The van der Waals surface area contributed by atoms with E-state index >= 15 is 0 Å². The van der Waals surface area contributed by atoms with Gasteiger partial charge in [0.2, 0.25) is 0 Å². The Morgan fingerprint density at radius 2 is 2.19 bits per heavy atom. The highest BCUT2D eigenvalue weighted by atomic mass is 16.5. The molecule has 3 atom stereocenters. The summed E-state index contributed by atoms with van der Waals surface area (Å²) in [5.41, 5.74) is 0. The molecule has 2 heterocycles. The number of hydrogen-bond donors (Lipinski definition) is 0. The Balaban J connectivity index is 1.60. The zero-order valence-corrected chi connectivity index (χ0v) is 13.3. The van der Waals surface area contributed by atoms with Gasteiger partial charge in [-0.1, -0.05) is 6.42 Å². The van der Waals surface area contributed by atoms with Crippen molar-refractivity contribution in [2.24, 2.45) is 7.05 Å². The Morgan fingerprint density at radius 1 is 1.33 bits per heavy atom. The van der Waals surface area contributed by atoms with Crippen molar-refractivity contribution in [3.05, 3.63) is 5.82 Å². The van der Waals surface area contributed by atoms with Crippen molar-refractivity contribution in [1.29, 1.82) is 0 Å². The highest BCUT2D eigenvalue weighted by Gasteiger charge is 2.38. The fourth-order valence-electron chi connectivity index (χ4n) is 3.84. The molecule has 0 spiro atoms. The maximum absolute atomic E-state index is 5.51. The third-order valence-electron chi connectivity index (χ3n) is 4.93. The largest absolute Gasteiger partial charge is 0.380 e. The summed E-state index contributed by atoms with van der Waals surface area (Å²) in [5, 5.41) is 12.3. The molecule has 1 saturated heterocycles. The first-order valence-electron chi connectivity index (χ1n) is 7.87. The van der Waals surface area contributed by atoms with Crippen molar-refractivity contribution in [3.8, 4) is 0 Å². The molecule has 7 heteroatoms. The third-order valence-corrected chi connectivity index (χ3v) is 4.93. The van der Waals surface area contributed by atoms with Gasteiger partial charge in [0.25, 0.3) is 0 Å². The summed E-state index contributed by atoms with van der Waals surface area (Å²) in [6, 6.07) is 1.23. The minimum Gasteiger partial charge on any atom is -0.380 e. The second-order valence-electron chi connectivity index (χ2n) is 6.32. The smallest absolute Gasteiger partial charge is 0.188 e. The van der Waals surface area contributed by atoms with Gasteiger partial charge in [-0.05, 0) is 31.5 Å². The Morgan fingerprint density at radius 3 is 2.86 bits per heavy atom. The number of ether oxygens (including phenoxy) is 1. The molecular formula is C14H26N6O. The van der Waals surface area contributed by atoms with Crippen LogP contribution in [0, 0.1) is 0 Å². The maximum Gasteiger partial charge on any atom is 0.188 e. The van der Waals surface area contributed by atoms with Crippen LogP contribution in [0.1, 0.15) is 31.5 Å². The highest BCUT2D eigenvalue weighted by molar-refractivity contribution is 4.95. The minimum atomic E-state index is 0.415. The molecule has 1 aliphatic heterocycles. The molecule has 0 N–H and O–H groups in total. The molecule has 0 aromatic carbocycles.